The van der Waals surface area contributed by atoms with Crippen molar-refractivity contribution >= 4 is 15.9 Å². The van der Waals surface area contributed by atoms with Crippen molar-refractivity contribution in [1.82, 2.24) is 0 Å². The summed E-state index contributed by atoms with van der Waals surface area (Å²) < 4.78 is 0.865. The first-order chi connectivity index (χ1) is 5.27. The summed E-state index contributed by atoms with van der Waals surface area (Å²) in [5.74, 6) is 0. The zero-order valence-corrected chi connectivity index (χ0v) is 7.60. The van der Waals surface area contributed by atoms with E-state index in [0.717, 1.165) is 15.6 Å². The first kappa shape index (κ1) is 8.71. The lowest BCUT2D eigenvalue weighted by molar-refractivity contribution is 0.177. The molecule has 0 amide bonds. The van der Waals surface area contributed by atoms with Gasteiger partial charge in [0, 0.05) is 11.0 Å². The van der Waals surface area contributed by atoms with E-state index < -0.39 is 0 Å². The molecule has 2 N–H and O–H groups in total. The van der Waals surface area contributed by atoms with Crippen molar-refractivity contribution in [2.24, 2.45) is 5.73 Å². The third-order valence-corrected chi connectivity index (χ3v) is 2.27. The molecule has 0 unspecified atom stereocenters. The van der Waals surface area contributed by atoms with Crippen molar-refractivity contribution in [3.8, 4) is 0 Å². The van der Waals surface area contributed by atoms with Crippen molar-refractivity contribution in [2.75, 3.05) is 0 Å². The minimum absolute atomic E-state index is 0.200. The van der Waals surface area contributed by atoms with Gasteiger partial charge in [0.25, 0.3) is 0 Å². The van der Waals surface area contributed by atoms with Crippen LogP contribution in [0, 0.1) is 0 Å². The van der Waals surface area contributed by atoms with Crippen LogP contribution >= 0.6 is 15.9 Å². The monoisotopic (exact) mass is 214 g/mol. The molecule has 0 aliphatic rings. The van der Waals surface area contributed by atoms with Crippen LogP contribution in [0.25, 0.3) is 0 Å². The van der Waals surface area contributed by atoms with Gasteiger partial charge in [0.2, 0.25) is 0 Å². The predicted molar refractivity (Wildman–Crippen MR) is 46.4 cm³/mol. The fraction of sp³-hybridized carbons (Fsp3) is 0.250. The van der Waals surface area contributed by atoms with Crippen LogP contribution in [0.2, 0.25) is 0 Å². The van der Waals surface area contributed by atoms with E-state index in [2.05, 4.69) is 15.9 Å². The molecule has 0 fully saturated rings. The van der Waals surface area contributed by atoms with E-state index >= 15 is 0 Å². The molecule has 0 atom stereocenters. The van der Waals surface area contributed by atoms with Crippen molar-refractivity contribution in [2.45, 2.75) is 13.2 Å². The average molecular weight is 215 g/mol. The first-order valence-corrected chi connectivity index (χ1v) is 4.12. The number of halogens is 1. The smallest absolute Gasteiger partial charge is 0.108 e. The zero-order chi connectivity index (χ0) is 8.27. The van der Waals surface area contributed by atoms with E-state index in [1.165, 1.54) is 0 Å². The summed E-state index contributed by atoms with van der Waals surface area (Å²) in [6, 6.07) is 5.59. The van der Waals surface area contributed by atoms with Gasteiger partial charge in [-0.1, -0.05) is 28.1 Å². The van der Waals surface area contributed by atoms with Crippen LogP contribution in [-0.4, -0.2) is 0 Å². The van der Waals surface area contributed by atoms with Crippen molar-refractivity contribution in [1.29, 1.82) is 0 Å². The highest BCUT2D eigenvalue weighted by Crippen LogP contribution is 2.17. The third kappa shape index (κ3) is 2.02. The van der Waals surface area contributed by atoms with Crippen LogP contribution in [0.15, 0.2) is 22.7 Å². The Balaban J connectivity index is 3.02. The Morgan fingerprint density at radius 1 is 1.45 bits per heavy atom. The molecule has 0 saturated carbocycles. The van der Waals surface area contributed by atoms with Crippen LogP contribution in [-0.2, 0) is 18.3 Å². The summed E-state index contributed by atoms with van der Waals surface area (Å²) in [4.78, 5) is 0. The lowest BCUT2D eigenvalue weighted by Gasteiger charge is -2.01. The van der Waals surface area contributed by atoms with Gasteiger partial charge in [-0.05, 0) is 17.2 Å². The maximum atomic E-state index is 10.5. The molecule has 0 heterocycles. The van der Waals surface area contributed by atoms with Crippen molar-refractivity contribution < 1.29 is 5.11 Å². The Morgan fingerprint density at radius 2 is 2.18 bits per heavy atom. The topological polar surface area (TPSA) is 45.9 Å². The molecule has 1 rings (SSSR count). The molecule has 59 valence electrons. The molecule has 1 aromatic carbocycles. The van der Waals surface area contributed by atoms with Crippen LogP contribution in [0.3, 0.4) is 0 Å². The summed E-state index contributed by atoms with van der Waals surface area (Å²) >= 11 is 3.28. The Labute approximate surface area is 74.2 Å². The van der Waals surface area contributed by atoms with Crippen molar-refractivity contribution in [3.63, 3.8) is 0 Å². The molecular weight excluding hydrogens is 206 g/mol. The molecule has 3 heteroatoms. The molecular formula is C8H9BrNO. The van der Waals surface area contributed by atoms with Gasteiger partial charge in [-0.25, -0.2) is 5.11 Å². The molecule has 0 spiro atoms. The molecule has 0 aliphatic carbocycles. The van der Waals surface area contributed by atoms with Gasteiger partial charge in [0.1, 0.15) is 6.61 Å². The van der Waals surface area contributed by atoms with Gasteiger partial charge < -0.3 is 5.73 Å². The summed E-state index contributed by atoms with van der Waals surface area (Å²) in [6.45, 7) is 0.286. The van der Waals surface area contributed by atoms with E-state index in [4.69, 9.17) is 5.73 Å². The molecule has 11 heavy (non-hydrogen) atoms. The lowest BCUT2D eigenvalue weighted by atomic mass is 10.1. The second-order valence-electron chi connectivity index (χ2n) is 2.27. The Kier molecular flexibility index (Phi) is 3.05. The molecule has 1 aromatic rings. The average Bonchev–Trinajstić information content (AvgIpc) is 2.05. The quantitative estimate of drug-likeness (QED) is 0.803. The fourth-order valence-electron chi connectivity index (χ4n) is 0.866. The second kappa shape index (κ2) is 3.85. The van der Waals surface area contributed by atoms with E-state index in [0.29, 0.717) is 6.54 Å². The number of hydrogen-bond acceptors (Lipinski definition) is 1. The predicted octanol–water partition coefficient (Wildman–Crippen LogP) is 1.84. The van der Waals surface area contributed by atoms with E-state index in [1.54, 1.807) is 0 Å². The van der Waals surface area contributed by atoms with E-state index in [1.807, 2.05) is 18.2 Å². The zero-order valence-electron chi connectivity index (χ0n) is 6.01. The summed E-state index contributed by atoms with van der Waals surface area (Å²) in [6.07, 6.45) is 0. The molecule has 1 radical (unpaired) electrons. The van der Waals surface area contributed by atoms with Crippen LogP contribution < -0.4 is 5.73 Å². The highest BCUT2D eigenvalue weighted by molar-refractivity contribution is 9.10. The summed E-state index contributed by atoms with van der Waals surface area (Å²) in [7, 11) is 0. The minimum atomic E-state index is -0.200. The third-order valence-electron chi connectivity index (χ3n) is 1.50. The standard InChI is InChI=1S/C8H9BrNO/c9-8-2-1-6(4-10)3-7(8)5-11/h1-3H,4-5,10H2. The first-order valence-electron chi connectivity index (χ1n) is 3.33. The number of nitrogens with two attached hydrogens (primary N) is 1. The molecule has 2 nitrogen and oxygen atoms in total. The minimum Gasteiger partial charge on any atom is -0.326 e. The normalized spacial score (nSPS) is 10.1. The van der Waals surface area contributed by atoms with E-state index in [9.17, 15) is 5.11 Å². The number of rotatable bonds is 2. The summed E-state index contributed by atoms with van der Waals surface area (Å²) in [5, 5.41) is 10.5. The second-order valence-corrected chi connectivity index (χ2v) is 3.13. The highest BCUT2D eigenvalue weighted by Gasteiger charge is 1.99. The Bertz CT molecular complexity index is 250. The van der Waals surface area contributed by atoms with Gasteiger partial charge in [-0.15, -0.1) is 0 Å². The van der Waals surface area contributed by atoms with Crippen LogP contribution in [0.5, 0.6) is 0 Å². The molecule has 0 saturated heterocycles. The lowest BCUT2D eigenvalue weighted by Crippen LogP contribution is -1.97. The fourth-order valence-corrected chi connectivity index (χ4v) is 1.23. The largest absolute Gasteiger partial charge is 0.326 e. The molecule has 0 aromatic heterocycles. The molecule has 0 aliphatic heterocycles. The Morgan fingerprint density at radius 3 is 2.73 bits per heavy atom. The van der Waals surface area contributed by atoms with Gasteiger partial charge in [-0.3, -0.25) is 0 Å². The highest BCUT2D eigenvalue weighted by atomic mass is 79.9. The molecule has 0 bridgehead atoms. The van der Waals surface area contributed by atoms with Gasteiger partial charge in [-0.2, -0.15) is 0 Å². The summed E-state index contributed by atoms with van der Waals surface area (Å²) in [5.41, 5.74) is 7.18. The number of hydrogen-bond donors (Lipinski definition) is 1. The number of benzene rings is 1. The maximum Gasteiger partial charge on any atom is 0.108 e. The van der Waals surface area contributed by atoms with Gasteiger partial charge in [0.05, 0.1) is 0 Å². The maximum absolute atomic E-state index is 10.5. The SMILES string of the molecule is NCc1ccc(Br)c(C[O])c1. The van der Waals surface area contributed by atoms with Gasteiger partial charge in [0.15, 0.2) is 0 Å². The van der Waals surface area contributed by atoms with E-state index in [-0.39, 0.29) is 6.61 Å². The van der Waals surface area contributed by atoms with Crippen LogP contribution in [0.4, 0.5) is 0 Å². The Hall–Kier alpha value is -0.380. The van der Waals surface area contributed by atoms with Crippen LogP contribution in [0.1, 0.15) is 11.1 Å². The van der Waals surface area contributed by atoms with Crippen molar-refractivity contribution in [3.05, 3.63) is 33.8 Å². The van der Waals surface area contributed by atoms with Gasteiger partial charge >= 0.3 is 0 Å².